The fourth-order valence-corrected chi connectivity index (χ4v) is 2.23. The molecule has 2 rings (SSSR count). The Morgan fingerprint density at radius 3 is 2.53 bits per heavy atom. The number of rotatable bonds is 1. The van der Waals surface area contributed by atoms with Crippen LogP contribution in [0.25, 0.3) is 0 Å². The van der Waals surface area contributed by atoms with Crippen LogP contribution in [0.15, 0.2) is 30.0 Å². The summed E-state index contributed by atoms with van der Waals surface area (Å²) < 4.78 is 0. The van der Waals surface area contributed by atoms with E-state index in [0.29, 0.717) is 10.4 Å². The van der Waals surface area contributed by atoms with Gasteiger partial charge in [-0.2, -0.15) is 0 Å². The topological polar surface area (TPSA) is 16.1 Å². The molecule has 0 bridgehead atoms. The van der Waals surface area contributed by atoms with Crippen molar-refractivity contribution in [3.63, 3.8) is 0 Å². The fraction of sp³-hybridized carbons (Fsp3) is 0.500. The van der Waals surface area contributed by atoms with E-state index in [1.807, 2.05) is 12.1 Å². The van der Waals surface area contributed by atoms with Crippen molar-refractivity contribution in [2.75, 3.05) is 18.0 Å². The molecule has 2 heterocycles. The van der Waals surface area contributed by atoms with Crippen LogP contribution in [0.5, 0.6) is 0 Å². The number of hydrogen-bond acceptors (Lipinski definition) is 2. The number of nitrogens with zero attached hydrogens (tertiary/aromatic N) is 2. The molecule has 17 heavy (non-hydrogen) atoms. The quantitative estimate of drug-likeness (QED) is 0.703. The van der Waals surface area contributed by atoms with Gasteiger partial charge in [-0.3, -0.25) is 0 Å². The molecule has 0 amide bonds. The highest BCUT2D eigenvalue weighted by molar-refractivity contribution is 6.30. The summed E-state index contributed by atoms with van der Waals surface area (Å²) in [4.78, 5) is 6.64. The molecule has 92 valence electrons. The van der Waals surface area contributed by atoms with Gasteiger partial charge in [0.2, 0.25) is 0 Å². The molecule has 0 aromatic carbocycles. The summed E-state index contributed by atoms with van der Waals surface area (Å²) in [6.07, 6.45) is 5.16. The van der Waals surface area contributed by atoms with Gasteiger partial charge >= 0.3 is 0 Å². The van der Waals surface area contributed by atoms with Gasteiger partial charge in [0.25, 0.3) is 0 Å². The number of anilines is 1. The van der Waals surface area contributed by atoms with E-state index < -0.39 is 0 Å². The maximum Gasteiger partial charge on any atom is 0.128 e. The van der Waals surface area contributed by atoms with Gasteiger partial charge in [-0.1, -0.05) is 44.0 Å². The molecule has 0 spiro atoms. The van der Waals surface area contributed by atoms with Crippen molar-refractivity contribution in [2.24, 2.45) is 5.41 Å². The number of aromatic nitrogens is 1. The lowest BCUT2D eigenvalue weighted by Gasteiger charge is -2.32. The van der Waals surface area contributed by atoms with Crippen molar-refractivity contribution in [3.8, 4) is 0 Å². The van der Waals surface area contributed by atoms with Gasteiger partial charge in [0.1, 0.15) is 5.82 Å². The molecule has 0 fully saturated rings. The Labute approximate surface area is 108 Å². The molecule has 0 aliphatic carbocycles. The molecule has 1 aliphatic heterocycles. The zero-order valence-electron chi connectivity index (χ0n) is 10.7. The van der Waals surface area contributed by atoms with Crippen molar-refractivity contribution in [1.29, 1.82) is 0 Å². The van der Waals surface area contributed by atoms with Crippen LogP contribution < -0.4 is 4.90 Å². The van der Waals surface area contributed by atoms with E-state index in [0.717, 1.165) is 25.3 Å². The van der Waals surface area contributed by atoms with Crippen LogP contribution in [0.3, 0.4) is 0 Å². The average molecular weight is 251 g/mol. The number of hydrogen-bond donors (Lipinski definition) is 0. The second-order valence-corrected chi connectivity index (χ2v) is 5.95. The van der Waals surface area contributed by atoms with Crippen molar-refractivity contribution in [1.82, 2.24) is 4.98 Å². The standard InChI is InChI=1S/C14H19ClN2/c1-14(2,3)11-6-8-17(9-7-11)13-5-4-12(15)10-16-13/h4-6,10H,7-9H2,1-3H3. The Morgan fingerprint density at radius 1 is 1.29 bits per heavy atom. The fourth-order valence-electron chi connectivity index (χ4n) is 2.11. The highest BCUT2D eigenvalue weighted by atomic mass is 35.5. The molecule has 1 aromatic rings. The molecule has 0 saturated heterocycles. The molecule has 0 unspecified atom stereocenters. The first-order chi connectivity index (χ1) is 7.97. The molecule has 2 nitrogen and oxygen atoms in total. The van der Waals surface area contributed by atoms with Gasteiger partial charge in [-0.05, 0) is 24.0 Å². The predicted octanol–water partition coefficient (Wildman–Crippen LogP) is 3.92. The molecular formula is C14H19ClN2. The highest BCUT2D eigenvalue weighted by Gasteiger charge is 2.21. The molecule has 0 atom stereocenters. The van der Waals surface area contributed by atoms with Gasteiger partial charge < -0.3 is 4.90 Å². The van der Waals surface area contributed by atoms with Gasteiger partial charge in [-0.15, -0.1) is 0 Å². The average Bonchev–Trinajstić information content (AvgIpc) is 2.29. The highest BCUT2D eigenvalue weighted by Crippen LogP contribution is 2.31. The van der Waals surface area contributed by atoms with E-state index in [9.17, 15) is 0 Å². The van der Waals surface area contributed by atoms with Crippen molar-refractivity contribution < 1.29 is 0 Å². The summed E-state index contributed by atoms with van der Waals surface area (Å²) in [5.74, 6) is 1.01. The van der Waals surface area contributed by atoms with E-state index in [-0.39, 0.29) is 0 Å². The van der Waals surface area contributed by atoms with Gasteiger partial charge in [-0.25, -0.2) is 4.98 Å². The van der Waals surface area contributed by atoms with Gasteiger partial charge in [0.05, 0.1) is 5.02 Å². The van der Waals surface area contributed by atoms with E-state index in [4.69, 9.17) is 11.6 Å². The Balaban J connectivity index is 2.09. The molecule has 0 saturated carbocycles. The van der Waals surface area contributed by atoms with Crippen molar-refractivity contribution in [3.05, 3.63) is 35.0 Å². The maximum absolute atomic E-state index is 5.84. The molecule has 3 heteroatoms. The molecular weight excluding hydrogens is 232 g/mol. The Morgan fingerprint density at radius 2 is 2.06 bits per heavy atom. The van der Waals surface area contributed by atoms with E-state index >= 15 is 0 Å². The summed E-state index contributed by atoms with van der Waals surface area (Å²) in [6, 6.07) is 3.88. The minimum absolute atomic E-state index is 0.291. The maximum atomic E-state index is 5.84. The Hall–Kier alpha value is -1.02. The summed E-state index contributed by atoms with van der Waals surface area (Å²) in [7, 11) is 0. The van der Waals surface area contributed by atoms with Gasteiger partial charge in [0, 0.05) is 19.3 Å². The zero-order valence-corrected chi connectivity index (χ0v) is 11.5. The minimum Gasteiger partial charge on any atom is -0.353 e. The summed E-state index contributed by atoms with van der Waals surface area (Å²) in [6.45, 7) is 8.80. The van der Waals surface area contributed by atoms with Crippen LogP contribution >= 0.6 is 11.6 Å². The lowest BCUT2D eigenvalue weighted by atomic mass is 9.83. The molecule has 1 aliphatic rings. The SMILES string of the molecule is CC(C)(C)C1=CCN(c2ccc(Cl)cn2)CC1. The largest absolute Gasteiger partial charge is 0.353 e. The van der Waals surface area contributed by atoms with Crippen LogP contribution in [0.4, 0.5) is 5.82 Å². The molecule has 0 N–H and O–H groups in total. The third-order valence-electron chi connectivity index (χ3n) is 3.21. The van der Waals surface area contributed by atoms with Crippen LogP contribution in [-0.2, 0) is 0 Å². The molecule has 0 radical (unpaired) electrons. The van der Waals surface area contributed by atoms with Gasteiger partial charge in [0.15, 0.2) is 0 Å². The Kier molecular flexibility index (Phi) is 3.43. The first-order valence-corrected chi connectivity index (χ1v) is 6.40. The van der Waals surface area contributed by atoms with E-state index in [1.54, 1.807) is 11.8 Å². The van der Waals surface area contributed by atoms with Crippen LogP contribution in [-0.4, -0.2) is 18.1 Å². The third-order valence-corrected chi connectivity index (χ3v) is 3.43. The van der Waals surface area contributed by atoms with Crippen LogP contribution in [0.1, 0.15) is 27.2 Å². The lowest BCUT2D eigenvalue weighted by Crippen LogP contribution is -2.31. The first-order valence-electron chi connectivity index (χ1n) is 6.03. The predicted molar refractivity (Wildman–Crippen MR) is 73.6 cm³/mol. The lowest BCUT2D eigenvalue weighted by molar-refractivity contribution is 0.472. The van der Waals surface area contributed by atoms with E-state index in [2.05, 4.69) is 36.7 Å². The normalized spacial score (nSPS) is 16.9. The first kappa shape index (κ1) is 12.4. The second-order valence-electron chi connectivity index (χ2n) is 5.51. The smallest absolute Gasteiger partial charge is 0.128 e. The van der Waals surface area contributed by atoms with Crippen molar-refractivity contribution >= 4 is 17.4 Å². The van der Waals surface area contributed by atoms with E-state index in [1.165, 1.54) is 0 Å². The molecule has 1 aromatic heterocycles. The zero-order chi connectivity index (χ0) is 12.5. The number of pyridine rings is 1. The van der Waals surface area contributed by atoms with Crippen LogP contribution in [0, 0.1) is 5.41 Å². The summed E-state index contributed by atoms with van der Waals surface area (Å²) >= 11 is 5.84. The van der Waals surface area contributed by atoms with Crippen LogP contribution in [0.2, 0.25) is 5.02 Å². The monoisotopic (exact) mass is 250 g/mol. The second kappa shape index (κ2) is 4.69. The third kappa shape index (κ3) is 3.01. The minimum atomic E-state index is 0.291. The number of halogens is 1. The Bertz CT molecular complexity index is 415. The summed E-state index contributed by atoms with van der Waals surface area (Å²) in [5.41, 5.74) is 1.84. The van der Waals surface area contributed by atoms with Crippen molar-refractivity contribution in [2.45, 2.75) is 27.2 Å². The summed E-state index contributed by atoms with van der Waals surface area (Å²) in [5, 5.41) is 0.691.